The summed E-state index contributed by atoms with van der Waals surface area (Å²) in [7, 11) is 1.67. The topological polar surface area (TPSA) is 54.9 Å². The van der Waals surface area contributed by atoms with Gasteiger partial charge in [-0.2, -0.15) is 5.10 Å². The molecule has 2 unspecified atom stereocenters. The van der Waals surface area contributed by atoms with E-state index >= 15 is 0 Å². The molecule has 2 aromatic carbocycles. The zero-order chi connectivity index (χ0) is 17.9. The van der Waals surface area contributed by atoms with Crippen LogP contribution < -0.4 is 20.2 Å². The average molecular weight is 351 g/mol. The van der Waals surface area contributed by atoms with Gasteiger partial charge in [0.05, 0.1) is 13.2 Å². The fraction of sp³-hybridized carbons (Fsp3) is 0.381. The van der Waals surface area contributed by atoms with E-state index in [1.165, 1.54) is 16.8 Å². The number of aryl methyl sites for hydroxylation is 1. The van der Waals surface area contributed by atoms with Crippen LogP contribution in [0.15, 0.2) is 47.6 Å². The number of ether oxygens (including phenoxy) is 2. The molecule has 2 aliphatic heterocycles. The van der Waals surface area contributed by atoms with Crippen molar-refractivity contribution < 1.29 is 9.47 Å². The number of benzene rings is 2. The molecule has 2 atom stereocenters. The van der Waals surface area contributed by atoms with Crippen LogP contribution in [0.1, 0.15) is 29.2 Å². The van der Waals surface area contributed by atoms with Gasteiger partial charge in [-0.25, -0.2) is 0 Å². The molecule has 26 heavy (non-hydrogen) atoms. The standard InChI is InChI=1S/C21H25N3O2/c1-14-3-5-15(6-4-14)13-26-20-11-16(7-8-19(20)25-2)21-17-12-22-10-9-18(17)23-24-21/h3-8,11,17,21-22,24H,9-10,12-13H2,1-2H3. The van der Waals surface area contributed by atoms with Gasteiger partial charge in [-0.05, 0) is 30.2 Å². The van der Waals surface area contributed by atoms with Crippen molar-refractivity contribution in [2.45, 2.75) is 26.0 Å². The van der Waals surface area contributed by atoms with Gasteiger partial charge in [0.1, 0.15) is 6.61 Å². The molecule has 0 aromatic heterocycles. The van der Waals surface area contributed by atoms with Gasteiger partial charge in [0.2, 0.25) is 0 Å². The van der Waals surface area contributed by atoms with Crippen molar-refractivity contribution in [1.82, 2.24) is 10.7 Å². The van der Waals surface area contributed by atoms with Crippen molar-refractivity contribution in [2.75, 3.05) is 20.2 Å². The van der Waals surface area contributed by atoms with Crippen molar-refractivity contribution in [1.29, 1.82) is 0 Å². The first kappa shape index (κ1) is 16.9. The maximum Gasteiger partial charge on any atom is 0.162 e. The summed E-state index contributed by atoms with van der Waals surface area (Å²) in [6.45, 7) is 4.58. The van der Waals surface area contributed by atoms with Gasteiger partial charge >= 0.3 is 0 Å². The van der Waals surface area contributed by atoms with Crippen LogP contribution in [-0.2, 0) is 6.61 Å². The zero-order valence-corrected chi connectivity index (χ0v) is 15.3. The molecule has 2 aliphatic rings. The van der Waals surface area contributed by atoms with E-state index in [9.17, 15) is 0 Å². The van der Waals surface area contributed by atoms with Crippen LogP contribution in [0.3, 0.4) is 0 Å². The number of hydrazone groups is 1. The van der Waals surface area contributed by atoms with Crippen LogP contribution in [0.25, 0.3) is 0 Å². The Labute approximate surface area is 154 Å². The van der Waals surface area contributed by atoms with Crippen LogP contribution in [0.4, 0.5) is 0 Å². The quantitative estimate of drug-likeness (QED) is 0.869. The van der Waals surface area contributed by atoms with Crippen LogP contribution in [0.5, 0.6) is 11.5 Å². The Balaban J connectivity index is 1.52. The van der Waals surface area contributed by atoms with Crippen molar-refractivity contribution in [2.24, 2.45) is 11.0 Å². The molecule has 0 amide bonds. The highest BCUT2D eigenvalue weighted by atomic mass is 16.5. The van der Waals surface area contributed by atoms with E-state index in [0.717, 1.165) is 36.6 Å². The summed E-state index contributed by atoms with van der Waals surface area (Å²) in [6, 6.07) is 14.7. The van der Waals surface area contributed by atoms with Gasteiger partial charge in [0, 0.05) is 31.1 Å². The number of hydrogen-bond donors (Lipinski definition) is 2. The molecule has 136 valence electrons. The summed E-state index contributed by atoms with van der Waals surface area (Å²) in [5, 5.41) is 8.01. The highest BCUT2D eigenvalue weighted by Gasteiger charge is 2.34. The van der Waals surface area contributed by atoms with E-state index in [1.54, 1.807) is 7.11 Å². The van der Waals surface area contributed by atoms with Crippen molar-refractivity contribution >= 4 is 5.71 Å². The van der Waals surface area contributed by atoms with E-state index in [1.807, 2.05) is 6.07 Å². The van der Waals surface area contributed by atoms with Gasteiger partial charge in [-0.1, -0.05) is 35.9 Å². The predicted octanol–water partition coefficient (Wildman–Crippen LogP) is 3.19. The lowest BCUT2D eigenvalue weighted by atomic mass is 9.87. The molecular formula is C21H25N3O2. The average Bonchev–Trinajstić information content (AvgIpc) is 3.11. The minimum absolute atomic E-state index is 0.186. The summed E-state index contributed by atoms with van der Waals surface area (Å²) >= 11 is 0. The second-order valence-electron chi connectivity index (χ2n) is 6.96. The fourth-order valence-corrected chi connectivity index (χ4v) is 3.62. The lowest BCUT2D eigenvalue weighted by Gasteiger charge is -2.25. The van der Waals surface area contributed by atoms with E-state index < -0.39 is 0 Å². The molecule has 0 saturated carbocycles. The number of methoxy groups -OCH3 is 1. The van der Waals surface area contributed by atoms with Crippen LogP contribution >= 0.6 is 0 Å². The molecule has 5 nitrogen and oxygen atoms in total. The summed E-state index contributed by atoms with van der Waals surface area (Å²) in [4.78, 5) is 0. The Morgan fingerprint density at radius 2 is 1.96 bits per heavy atom. The highest BCUT2D eigenvalue weighted by Crippen LogP contribution is 2.36. The van der Waals surface area contributed by atoms with E-state index in [-0.39, 0.29) is 6.04 Å². The van der Waals surface area contributed by atoms with Gasteiger partial charge in [0.25, 0.3) is 0 Å². The molecular weight excluding hydrogens is 326 g/mol. The molecule has 1 fully saturated rings. The first-order chi connectivity index (χ1) is 12.7. The highest BCUT2D eigenvalue weighted by molar-refractivity contribution is 5.89. The predicted molar refractivity (Wildman–Crippen MR) is 103 cm³/mol. The van der Waals surface area contributed by atoms with Crippen molar-refractivity contribution in [3.63, 3.8) is 0 Å². The first-order valence-corrected chi connectivity index (χ1v) is 9.13. The SMILES string of the molecule is COc1ccc(C2NN=C3CCNCC32)cc1OCc1ccc(C)cc1. The maximum atomic E-state index is 6.08. The molecule has 5 heteroatoms. The van der Waals surface area contributed by atoms with E-state index in [2.05, 4.69) is 59.2 Å². The maximum absolute atomic E-state index is 6.08. The second kappa shape index (κ2) is 7.38. The lowest BCUT2D eigenvalue weighted by Crippen LogP contribution is -2.38. The van der Waals surface area contributed by atoms with Crippen molar-refractivity contribution in [3.05, 3.63) is 59.2 Å². The van der Waals surface area contributed by atoms with Gasteiger partial charge in [-0.3, -0.25) is 0 Å². The summed E-state index contributed by atoms with van der Waals surface area (Å²) < 4.78 is 11.6. The molecule has 0 aliphatic carbocycles. The van der Waals surface area contributed by atoms with Crippen LogP contribution in [-0.4, -0.2) is 25.9 Å². The minimum Gasteiger partial charge on any atom is -0.493 e. The summed E-state index contributed by atoms with van der Waals surface area (Å²) in [5.41, 5.74) is 8.15. The number of nitrogens with one attached hydrogen (secondary N) is 2. The van der Waals surface area contributed by atoms with Gasteiger partial charge in [-0.15, -0.1) is 0 Å². The van der Waals surface area contributed by atoms with E-state index in [4.69, 9.17) is 9.47 Å². The minimum atomic E-state index is 0.186. The third-order valence-electron chi connectivity index (χ3n) is 5.16. The third-order valence-corrected chi connectivity index (χ3v) is 5.16. The molecule has 0 spiro atoms. The number of nitrogens with zero attached hydrogens (tertiary/aromatic N) is 1. The fourth-order valence-electron chi connectivity index (χ4n) is 3.62. The Kier molecular flexibility index (Phi) is 4.80. The monoisotopic (exact) mass is 351 g/mol. The van der Waals surface area contributed by atoms with Crippen LogP contribution in [0, 0.1) is 12.8 Å². The molecule has 2 aromatic rings. The molecule has 0 bridgehead atoms. The normalized spacial score (nSPS) is 21.5. The number of rotatable bonds is 5. The summed E-state index contributed by atoms with van der Waals surface area (Å²) in [5.74, 6) is 1.92. The molecule has 2 N–H and O–H groups in total. The Hall–Kier alpha value is -2.53. The van der Waals surface area contributed by atoms with Crippen LogP contribution in [0.2, 0.25) is 0 Å². The van der Waals surface area contributed by atoms with Crippen molar-refractivity contribution in [3.8, 4) is 11.5 Å². The van der Waals surface area contributed by atoms with Gasteiger partial charge in [0.15, 0.2) is 11.5 Å². The van der Waals surface area contributed by atoms with E-state index in [0.29, 0.717) is 12.5 Å². The molecule has 1 saturated heterocycles. The number of piperidine rings is 1. The second-order valence-corrected chi connectivity index (χ2v) is 6.96. The zero-order valence-electron chi connectivity index (χ0n) is 15.3. The molecule has 4 rings (SSSR count). The number of fused-ring (bicyclic) bond motifs is 1. The molecule has 0 radical (unpaired) electrons. The summed E-state index contributed by atoms with van der Waals surface area (Å²) in [6.07, 6.45) is 1.01. The Morgan fingerprint density at radius 3 is 2.77 bits per heavy atom. The molecule has 2 heterocycles. The number of hydrogen-bond acceptors (Lipinski definition) is 5. The smallest absolute Gasteiger partial charge is 0.162 e. The lowest BCUT2D eigenvalue weighted by molar-refractivity contribution is 0.283. The first-order valence-electron chi connectivity index (χ1n) is 9.13. The third kappa shape index (κ3) is 3.40. The largest absolute Gasteiger partial charge is 0.493 e. The van der Waals surface area contributed by atoms with Gasteiger partial charge < -0.3 is 20.2 Å². The Morgan fingerprint density at radius 1 is 1.12 bits per heavy atom. The Bertz CT molecular complexity index is 801.